The Morgan fingerprint density at radius 1 is 1.11 bits per heavy atom. The summed E-state index contributed by atoms with van der Waals surface area (Å²) in [4.78, 5) is 15.2. The van der Waals surface area contributed by atoms with Crippen LogP contribution in [-0.4, -0.2) is 64.4 Å². The van der Waals surface area contributed by atoms with Gasteiger partial charge in [0, 0.05) is 36.7 Å². The highest BCUT2D eigenvalue weighted by atomic mass is 32.2. The summed E-state index contributed by atoms with van der Waals surface area (Å²) in [5, 5.41) is 15.6. The molecule has 4 rings (SSSR count). The smallest absolute Gasteiger partial charge is 0.345 e. The molecular formula is C31H38F4N4O4S. The van der Waals surface area contributed by atoms with Gasteiger partial charge in [0.1, 0.15) is 0 Å². The van der Waals surface area contributed by atoms with Crippen molar-refractivity contribution in [3.63, 3.8) is 0 Å². The van der Waals surface area contributed by atoms with E-state index in [2.05, 4.69) is 15.4 Å². The summed E-state index contributed by atoms with van der Waals surface area (Å²) < 4.78 is 81.7. The molecular weight excluding hydrogens is 600 g/mol. The Hall–Kier alpha value is -3.21. The SMILES string of the molecule is CCS(=O)(=O)c1ccc(C(CC#N)NC(=O)c2ccc(N3C[C@@H](NCC4CCC(F)(F)CC4)C[C@H]3COC(F)F)cc2)cc1. The van der Waals surface area contributed by atoms with Crippen LogP contribution in [0.3, 0.4) is 0 Å². The number of carbonyl (C=O) groups excluding carboxylic acids is 1. The molecule has 2 fully saturated rings. The normalized spacial score (nSPS) is 21.2. The first-order valence-electron chi connectivity index (χ1n) is 14.8. The van der Waals surface area contributed by atoms with Gasteiger partial charge in [-0.2, -0.15) is 14.0 Å². The van der Waals surface area contributed by atoms with E-state index in [4.69, 9.17) is 0 Å². The number of hydrogen-bond donors (Lipinski definition) is 2. The van der Waals surface area contributed by atoms with Crippen molar-refractivity contribution in [1.82, 2.24) is 10.6 Å². The quantitative estimate of drug-likeness (QED) is 0.280. The van der Waals surface area contributed by atoms with E-state index in [1.54, 1.807) is 43.3 Å². The third-order valence-electron chi connectivity index (χ3n) is 8.44. The number of amides is 1. The van der Waals surface area contributed by atoms with Crippen LogP contribution in [0.5, 0.6) is 0 Å². The minimum Gasteiger partial charge on any atom is -0.365 e. The van der Waals surface area contributed by atoms with E-state index in [1.807, 2.05) is 11.0 Å². The Morgan fingerprint density at radius 3 is 2.36 bits per heavy atom. The first-order chi connectivity index (χ1) is 20.9. The van der Waals surface area contributed by atoms with Crippen molar-refractivity contribution < 1.29 is 35.5 Å². The Balaban J connectivity index is 1.40. The summed E-state index contributed by atoms with van der Waals surface area (Å²) in [5.41, 5.74) is 1.63. The van der Waals surface area contributed by atoms with Gasteiger partial charge in [-0.25, -0.2) is 17.2 Å². The summed E-state index contributed by atoms with van der Waals surface area (Å²) in [5.74, 6) is -2.92. The Bertz CT molecular complexity index is 1390. The first kappa shape index (κ1) is 33.7. The van der Waals surface area contributed by atoms with E-state index in [9.17, 15) is 36.0 Å². The summed E-state index contributed by atoms with van der Waals surface area (Å²) in [7, 11) is -3.39. The lowest BCUT2D eigenvalue weighted by atomic mass is 9.86. The molecule has 0 spiro atoms. The molecule has 1 aliphatic heterocycles. The summed E-state index contributed by atoms with van der Waals surface area (Å²) >= 11 is 0. The topological polar surface area (TPSA) is 112 Å². The maximum absolute atomic E-state index is 13.5. The van der Waals surface area contributed by atoms with Gasteiger partial charge < -0.3 is 20.3 Å². The molecule has 1 saturated heterocycles. The van der Waals surface area contributed by atoms with Crippen molar-refractivity contribution in [2.75, 3.05) is 30.3 Å². The lowest BCUT2D eigenvalue weighted by Gasteiger charge is -2.29. The van der Waals surface area contributed by atoms with Crippen LogP contribution in [-0.2, 0) is 14.6 Å². The Morgan fingerprint density at radius 2 is 1.77 bits per heavy atom. The molecule has 2 aliphatic rings. The average Bonchev–Trinajstić information content (AvgIpc) is 3.42. The maximum atomic E-state index is 13.5. The molecule has 1 aliphatic carbocycles. The number of nitrogens with zero attached hydrogens (tertiary/aromatic N) is 2. The fourth-order valence-corrected chi connectivity index (χ4v) is 6.71. The predicted molar refractivity (Wildman–Crippen MR) is 157 cm³/mol. The number of ether oxygens (including phenoxy) is 1. The first-order valence-corrected chi connectivity index (χ1v) is 16.4. The molecule has 44 heavy (non-hydrogen) atoms. The highest BCUT2D eigenvalue weighted by Gasteiger charge is 2.37. The van der Waals surface area contributed by atoms with Crippen LogP contribution in [0.4, 0.5) is 23.2 Å². The van der Waals surface area contributed by atoms with Crippen molar-refractivity contribution in [2.45, 2.75) is 81.0 Å². The van der Waals surface area contributed by atoms with E-state index in [1.165, 1.54) is 12.1 Å². The highest BCUT2D eigenvalue weighted by Crippen LogP contribution is 2.36. The number of carbonyl (C=O) groups is 1. The van der Waals surface area contributed by atoms with Crippen molar-refractivity contribution >= 4 is 21.4 Å². The summed E-state index contributed by atoms with van der Waals surface area (Å²) in [6.07, 6.45) is 1.16. The van der Waals surface area contributed by atoms with Crippen LogP contribution in [0.15, 0.2) is 53.4 Å². The lowest BCUT2D eigenvalue weighted by Crippen LogP contribution is -2.38. The van der Waals surface area contributed by atoms with E-state index in [0.717, 1.165) is 0 Å². The van der Waals surface area contributed by atoms with Gasteiger partial charge in [0.25, 0.3) is 5.91 Å². The number of benzene rings is 2. The molecule has 1 saturated carbocycles. The molecule has 1 amide bonds. The highest BCUT2D eigenvalue weighted by molar-refractivity contribution is 7.91. The van der Waals surface area contributed by atoms with Crippen LogP contribution in [0, 0.1) is 17.2 Å². The fraction of sp³-hybridized carbons (Fsp3) is 0.548. The number of sulfone groups is 1. The zero-order valence-corrected chi connectivity index (χ0v) is 25.3. The lowest BCUT2D eigenvalue weighted by molar-refractivity contribution is -0.131. The van der Waals surface area contributed by atoms with Gasteiger partial charge >= 0.3 is 6.61 Å². The van der Waals surface area contributed by atoms with E-state index < -0.39 is 34.3 Å². The van der Waals surface area contributed by atoms with Gasteiger partial charge in [-0.05, 0) is 73.7 Å². The predicted octanol–water partition coefficient (Wildman–Crippen LogP) is 5.47. The molecule has 1 unspecified atom stereocenters. The summed E-state index contributed by atoms with van der Waals surface area (Å²) in [6.45, 7) is -0.471. The number of nitrogens with one attached hydrogen (secondary N) is 2. The van der Waals surface area contributed by atoms with E-state index >= 15 is 0 Å². The monoisotopic (exact) mass is 638 g/mol. The van der Waals surface area contributed by atoms with Gasteiger partial charge in [0.2, 0.25) is 5.92 Å². The second-order valence-corrected chi connectivity index (χ2v) is 13.7. The Kier molecular flexibility index (Phi) is 11.3. The van der Waals surface area contributed by atoms with Crippen LogP contribution in [0.1, 0.15) is 67.4 Å². The second kappa shape index (κ2) is 14.7. The molecule has 2 N–H and O–H groups in total. The van der Waals surface area contributed by atoms with Gasteiger partial charge in [-0.3, -0.25) is 4.79 Å². The van der Waals surface area contributed by atoms with Gasteiger partial charge in [-0.15, -0.1) is 0 Å². The standard InChI is InChI=1S/C31H38F4N4O4S/c1-2-44(41,42)27-9-5-22(6-10-27)28(13-16-36)38-29(40)23-3-7-25(8-4-23)39-19-24(17-26(39)20-43-30(32)33)37-18-21-11-14-31(34,35)15-12-21/h3-10,21,24,26,28,30,37H,2,11-15,17-20H2,1H3,(H,38,40)/t24-,26-,28?/m0/s1. The molecule has 2 aromatic carbocycles. The van der Waals surface area contributed by atoms with E-state index in [-0.39, 0.29) is 54.5 Å². The molecule has 8 nitrogen and oxygen atoms in total. The molecule has 1 heterocycles. The fourth-order valence-electron chi connectivity index (χ4n) is 5.82. The number of nitriles is 1. The second-order valence-electron chi connectivity index (χ2n) is 11.4. The third kappa shape index (κ3) is 8.92. The van der Waals surface area contributed by atoms with Crippen molar-refractivity contribution in [3.05, 3.63) is 59.7 Å². The van der Waals surface area contributed by atoms with Crippen molar-refractivity contribution in [2.24, 2.45) is 5.92 Å². The van der Waals surface area contributed by atoms with Gasteiger partial charge in [-0.1, -0.05) is 19.1 Å². The zero-order chi connectivity index (χ0) is 31.9. The third-order valence-corrected chi connectivity index (χ3v) is 10.2. The largest absolute Gasteiger partial charge is 0.365 e. The van der Waals surface area contributed by atoms with Crippen molar-refractivity contribution in [3.8, 4) is 6.07 Å². The molecule has 240 valence electrons. The van der Waals surface area contributed by atoms with E-state index in [0.29, 0.717) is 49.2 Å². The molecule has 13 heteroatoms. The number of halogens is 4. The minimum absolute atomic E-state index is 0.0268. The van der Waals surface area contributed by atoms with Crippen LogP contribution < -0.4 is 15.5 Å². The molecule has 3 atom stereocenters. The maximum Gasteiger partial charge on any atom is 0.345 e. The molecule has 0 radical (unpaired) electrons. The number of rotatable bonds is 13. The molecule has 0 aromatic heterocycles. The molecule has 0 bridgehead atoms. The van der Waals surface area contributed by atoms with Gasteiger partial charge in [0.15, 0.2) is 9.84 Å². The zero-order valence-electron chi connectivity index (χ0n) is 24.5. The van der Waals surface area contributed by atoms with Crippen molar-refractivity contribution in [1.29, 1.82) is 5.26 Å². The number of alkyl halides is 4. The number of hydrogen-bond acceptors (Lipinski definition) is 7. The van der Waals surface area contributed by atoms with Crippen LogP contribution in [0.2, 0.25) is 0 Å². The molecule has 2 aromatic rings. The number of anilines is 1. The van der Waals surface area contributed by atoms with Crippen LogP contribution >= 0.6 is 0 Å². The van der Waals surface area contributed by atoms with Gasteiger partial charge in [0.05, 0.1) is 41.8 Å². The summed E-state index contributed by atoms with van der Waals surface area (Å²) in [6, 6.07) is 13.7. The minimum atomic E-state index is -3.39. The average molecular weight is 639 g/mol. The van der Waals surface area contributed by atoms with Crippen LogP contribution in [0.25, 0.3) is 0 Å². The Labute approximate surface area is 255 Å².